The highest BCUT2D eigenvalue weighted by Crippen LogP contribution is 2.21. The van der Waals surface area contributed by atoms with E-state index in [0.29, 0.717) is 19.5 Å². The largest absolute Gasteiger partial charge is 0.481 e. The molecule has 102 valence electrons. The van der Waals surface area contributed by atoms with Gasteiger partial charge in [-0.3, -0.25) is 10.1 Å². The molecule has 0 spiro atoms. The van der Waals surface area contributed by atoms with Crippen LogP contribution in [-0.2, 0) is 4.79 Å². The van der Waals surface area contributed by atoms with Gasteiger partial charge in [-0.05, 0) is 18.8 Å². The van der Waals surface area contributed by atoms with Crippen LogP contribution < -0.4 is 5.32 Å². The predicted octanol–water partition coefficient (Wildman–Crippen LogP) is 0.590. The van der Waals surface area contributed by atoms with Crippen LogP contribution in [0.3, 0.4) is 0 Å². The molecule has 2 amide bonds. The van der Waals surface area contributed by atoms with Crippen molar-refractivity contribution in [3.8, 4) is 0 Å². The molecule has 1 aliphatic rings. The Morgan fingerprint density at radius 2 is 2.32 bits per heavy atom. The van der Waals surface area contributed by atoms with Gasteiger partial charge in [0, 0.05) is 19.5 Å². The van der Waals surface area contributed by atoms with Gasteiger partial charge in [-0.25, -0.2) is 9.78 Å². The molecule has 0 radical (unpaired) electrons. The second-order valence-corrected chi connectivity index (χ2v) is 4.43. The molecule has 8 heteroatoms. The van der Waals surface area contributed by atoms with E-state index in [1.54, 1.807) is 4.90 Å². The quantitative estimate of drug-likeness (QED) is 0.824. The number of carboxylic acids is 1. The zero-order valence-electron chi connectivity index (χ0n) is 10.3. The first-order valence-electron chi connectivity index (χ1n) is 6.06. The minimum atomic E-state index is -0.799. The van der Waals surface area contributed by atoms with Gasteiger partial charge < -0.3 is 10.0 Å². The number of nitrogens with one attached hydrogen (secondary N) is 1. The number of hydrogen-bond acceptors (Lipinski definition) is 5. The van der Waals surface area contributed by atoms with Crippen LogP contribution in [0, 0.1) is 5.92 Å². The average Bonchev–Trinajstić information content (AvgIpc) is 2.86. The van der Waals surface area contributed by atoms with Gasteiger partial charge in [-0.15, -0.1) is 5.10 Å². The van der Waals surface area contributed by atoms with Crippen molar-refractivity contribution in [1.82, 2.24) is 20.1 Å². The number of carbonyl (C=O) groups excluding carboxylic acids is 1. The molecule has 1 aromatic heterocycles. The van der Waals surface area contributed by atoms with Gasteiger partial charge >= 0.3 is 12.0 Å². The van der Waals surface area contributed by atoms with Gasteiger partial charge in [-0.1, -0.05) is 0 Å². The summed E-state index contributed by atoms with van der Waals surface area (Å²) in [6.45, 7) is 1.19. The van der Waals surface area contributed by atoms with Crippen LogP contribution in [0.2, 0.25) is 0 Å². The summed E-state index contributed by atoms with van der Waals surface area (Å²) in [7, 11) is 0. The van der Waals surface area contributed by atoms with E-state index >= 15 is 0 Å². The molecule has 0 aromatic carbocycles. The Morgan fingerprint density at radius 3 is 3.00 bits per heavy atom. The molecule has 1 aromatic rings. The molecule has 2 rings (SSSR count). The number of carboxylic acid groups (broad SMARTS) is 1. The summed E-state index contributed by atoms with van der Waals surface area (Å²) in [6.07, 6.45) is 4.44. The maximum atomic E-state index is 11.9. The summed E-state index contributed by atoms with van der Waals surface area (Å²) in [5.74, 6) is -0.384. The first-order chi connectivity index (χ1) is 9.15. The lowest BCUT2D eigenvalue weighted by molar-refractivity contribution is -0.137. The molecule has 1 saturated heterocycles. The molecule has 0 saturated carbocycles. The number of amides is 2. The van der Waals surface area contributed by atoms with Crippen molar-refractivity contribution < 1.29 is 14.7 Å². The van der Waals surface area contributed by atoms with E-state index in [2.05, 4.69) is 20.5 Å². The summed E-state index contributed by atoms with van der Waals surface area (Å²) in [6, 6.07) is -0.272. The summed E-state index contributed by atoms with van der Waals surface area (Å²) < 4.78 is 0. The SMILES string of the molecule is O=C(O)CCC1CCN(C(=O)Nc2nccnn2)C1. The molecule has 2 N–H and O–H groups in total. The highest BCUT2D eigenvalue weighted by molar-refractivity contribution is 5.87. The molecule has 1 unspecified atom stereocenters. The topological polar surface area (TPSA) is 108 Å². The van der Waals surface area contributed by atoms with E-state index in [4.69, 9.17) is 5.11 Å². The van der Waals surface area contributed by atoms with E-state index in [1.165, 1.54) is 12.4 Å². The number of aliphatic carboxylic acids is 1. The highest BCUT2D eigenvalue weighted by Gasteiger charge is 2.26. The molecular weight excluding hydrogens is 250 g/mol. The summed E-state index contributed by atoms with van der Waals surface area (Å²) >= 11 is 0. The molecule has 8 nitrogen and oxygen atoms in total. The monoisotopic (exact) mass is 265 g/mol. The van der Waals surface area contributed by atoms with E-state index in [-0.39, 0.29) is 24.3 Å². The lowest BCUT2D eigenvalue weighted by Crippen LogP contribution is -2.33. The van der Waals surface area contributed by atoms with Crippen LogP contribution >= 0.6 is 0 Å². The van der Waals surface area contributed by atoms with E-state index in [0.717, 1.165) is 6.42 Å². The zero-order chi connectivity index (χ0) is 13.7. The van der Waals surface area contributed by atoms with E-state index in [9.17, 15) is 9.59 Å². The number of aromatic nitrogens is 3. The standard InChI is InChI=1S/C11H15N5O3/c17-9(18)2-1-8-3-6-16(7-8)11(19)14-10-12-4-5-13-15-10/h4-5,8H,1-3,6-7H2,(H,17,18)(H,12,14,15,19). The van der Waals surface area contributed by atoms with Crippen molar-refractivity contribution in [2.75, 3.05) is 18.4 Å². The second kappa shape index (κ2) is 6.07. The second-order valence-electron chi connectivity index (χ2n) is 4.43. The van der Waals surface area contributed by atoms with Crippen molar-refractivity contribution in [3.63, 3.8) is 0 Å². The number of urea groups is 1. The minimum absolute atomic E-state index is 0.145. The van der Waals surface area contributed by atoms with E-state index < -0.39 is 5.97 Å². The Morgan fingerprint density at radius 1 is 1.47 bits per heavy atom. The lowest BCUT2D eigenvalue weighted by atomic mass is 10.0. The van der Waals surface area contributed by atoms with Gasteiger partial charge in [0.1, 0.15) is 0 Å². The molecule has 19 heavy (non-hydrogen) atoms. The number of carbonyl (C=O) groups is 2. The summed E-state index contributed by atoms with van der Waals surface area (Å²) in [4.78, 5) is 27.9. The van der Waals surface area contributed by atoms with Crippen LogP contribution in [0.4, 0.5) is 10.7 Å². The van der Waals surface area contributed by atoms with Crippen LogP contribution in [0.1, 0.15) is 19.3 Å². The fourth-order valence-electron chi connectivity index (χ4n) is 2.06. The summed E-state index contributed by atoms with van der Waals surface area (Å²) in [5, 5.41) is 18.5. The van der Waals surface area contributed by atoms with Crippen molar-refractivity contribution in [1.29, 1.82) is 0 Å². The molecule has 1 fully saturated rings. The van der Waals surface area contributed by atoms with Gasteiger partial charge in [0.15, 0.2) is 0 Å². The van der Waals surface area contributed by atoms with Crippen molar-refractivity contribution in [2.45, 2.75) is 19.3 Å². The third kappa shape index (κ3) is 3.87. The maximum absolute atomic E-state index is 11.9. The first kappa shape index (κ1) is 13.2. The molecule has 0 aliphatic carbocycles. The fraction of sp³-hybridized carbons (Fsp3) is 0.545. The van der Waals surface area contributed by atoms with Gasteiger partial charge in [0.2, 0.25) is 0 Å². The number of nitrogens with zero attached hydrogens (tertiary/aromatic N) is 4. The fourth-order valence-corrected chi connectivity index (χ4v) is 2.06. The van der Waals surface area contributed by atoms with Gasteiger partial charge in [-0.2, -0.15) is 5.10 Å². The number of likely N-dealkylation sites (tertiary alicyclic amines) is 1. The molecule has 0 bridgehead atoms. The molecular formula is C11H15N5O3. The summed E-state index contributed by atoms with van der Waals surface area (Å²) in [5.41, 5.74) is 0. The van der Waals surface area contributed by atoms with Gasteiger partial charge in [0.05, 0.1) is 12.4 Å². The molecule has 2 heterocycles. The number of hydrogen-bond donors (Lipinski definition) is 2. The Labute approximate surface area is 109 Å². The lowest BCUT2D eigenvalue weighted by Gasteiger charge is -2.16. The van der Waals surface area contributed by atoms with E-state index in [1.807, 2.05) is 0 Å². The predicted molar refractivity (Wildman–Crippen MR) is 65.4 cm³/mol. The van der Waals surface area contributed by atoms with Crippen LogP contribution in [0.15, 0.2) is 12.4 Å². The Bertz CT molecular complexity index is 453. The van der Waals surface area contributed by atoms with Crippen molar-refractivity contribution in [3.05, 3.63) is 12.4 Å². The average molecular weight is 265 g/mol. The highest BCUT2D eigenvalue weighted by atomic mass is 16.4. The van der Waals surface area contributed by atoms with Crippen LogP contribution in [-0.4, -0.2) is 50.3 Å². The van der Waals surface area contributed by atoms with Crippen LogP contribution in [0.25, 0.3) is 0 Å². The zero-order valence-corrected chi connectivity index (χ0v) is 10.3. The van der Waals surface area contributed by atoms with Crippen LogP contribution in [0.5, 0.6) is 0 Å². The maximum Gasteiger partial charge on any atom is 0.324 e. The smallest absolute Gasteiger partial charge is 0.324 e. The normalized spacial score (nSPS) is 18.3. The Hall–Kier alpha value is -2.25. The first-order valence-corrected chi connectivity index (χ1v) is 6.06. The van der Waals surface area contributed by atoms with Crippen molar-refractivity contribution >= 4 is 17.9 Å². The third-order valence-electron chi connectivity index (χ3n) is 3.04. The third-order valence-corrected chi connectivity index (χ3v) is 3.04. The van der Waals surface area contributed by atoms with Crippen molar-refractivity contribution in [2.24, 2.45) is 5.92 Å². The molecule has 1 atom stereocenters. The Balaban J connectivity index is 1.80. The molecule has 1 aliphatic heterocycles. The number of rotatable bonds is 4. The number of anilines is 1. The van der Waals surface area contributed by atoms with Gasteiger partial charge in [0.25, 0.3) is 5.95 Å². The minimum Gasteiger partial charge on any atom is -0.481 e. The Kier molecular flexibility index (Phi) is 4.22.